The number of carbonyl (C=O) groups is 1. The van der Waals surface area contributed by atoms with E-state index in [9.17, 15) is 4.79 Å². The summed E-state index contributed by atoms with van der Waals surface area (Å²) in [6.07, 6.45) is 0. The number of anilines is 1. The number of nitrogens with two attached hydrogens (primary N) is 1. The Morgan fingerprint density at radius 1 is 1.43 bits per heavy atom. The number of halogens is 2. The van der Waals surface area contributed by atoms with Crippen molar-refractivity contribution >= 4 is 34.8 Å². The van der Waals surface area contributed by atoms with Gasteiger partial charge in [0.15, 0.2) is 0 Å². The van der Waals surface area contributed by atoms with E-state index in [0.717, 1.165) is 0 Å². The highest BCUT2D eigenvalue weighted by Crippen LogP contribution is 2.28. The summed E-state index contributed by atoms with van der Waals surface area (Å²) in [6.45, 7) is 2.39. The topological polar surface area (TPSA) is 55.1 Å². The van der Waals surface area contributed by atoms with Gasteiger partial charge in [-0.3, -0.25) is 4.79 Å². The van der Waals surface area contributed by atoms with Crippen LogP contribution in [0.3, 0.4) is 0 Å². The molecule has 0 saturated heterocycles. The van der Waals surface area contributed by atoms with Gasteiger partial charge in [-0.1, -0.05) is 23.2 Å². The Bertz CT molecular complexity index is 343. The zero-order valence-electron chi connectivity index (χ0n) is 7.60. The third-order valence-corrected chi connectivity index (χ3v) is 2.30. The monoisotopic (exact) mass is 232 g/mol. The number of carbonyl (C=O) groups excluding carboxylic acids is 1. The molecule has 1 rings (SSSR count). The molecule has 0 atom stereocenters. The Balaban J connectivity index is 3.06. The highest BCUT2D eigenvalue weighted by molar-refractivity contribution is 6.39. The third-order valence-electron chi connectivity index (χ3n) is 1.68. The van der Waals surface area contributed by atoms with Gasteiger partial charge < -0.3 is 11.1 Å². The SMILES string of the molecule is CCNC(=O)c1cc(Cl)c(N)c(Cl)c1. The molecule has 3 nitrogen and oxygen atoms in total. The van der Waals surface area contributed by atoms with Crippen LogP contribution in [0.5, 0.6) is 0 Å². The molecule has 0 bridgehead atoms. The van der Waals surface area contributed by atoms with E-state index in [1.807, 2.05) is 6.92 Å². The van der Waals surface area contributed by atoms with Crippen molar-refractivity contribution in [2.24, 2.45) is 0 Å². The fourth-order valence-electron chi connectivity index (χ4n) is 0.978. The fourth-order valence-corrected chi connectivity index (χ4v) is 1.47. The summed E-state index contributed by atoms with van der Waals surface area (Å²) in [4.78, 5) is 11.4. The summed E-state index contributed by atoms with van der Waals surface area (Å²) in [7, 11) is 0. The molecular weight excluding hydrogens is 223 g/mol. The van der Waals surface area contributed by atoms with Gasteiger partial charge in [-0.15, -0.1) is 0 Å². The molecule has 76 valence electrons. The largest absolute Gasteiger partial charge is 0.396 e. The van der Waals surface area contributed by atoms with Crippen molar-refractivity contribution in [1.82, 2.24) is 5.32 Å². The number of rotatable bonds is 2. The van der Waals surface area contributed by atoms with E-state index < -0.39 is 0 Å². The lowest BCUT2D eigenvalue weighted by Crippen LogP contribution is -2.22. The van der Waals surface area contributed by atoms with Crippen molar-refractivity contribution in [3.63, 3.8) is 0 Å². The number of benzene rings is 1. The molecule has 0 aliphatic rings. The summed E-state index contributed by atoms with van der Waals surface area (Å²) < 4.78 is 0. The van der Waals surface area contributed by atoms with Gasteiger partial charge in [-0.05, 0) is 19.1 Å². The minimum Gasteiger partial charge on any atom is -0.396 e. The van der Waals surface area contributed by atoms with E-state index in [4.69, 9.17) is 28.9 Å². The quantitative estimate of drug-likeness (QED) is 0.770. The van der Waals surface area contributed by atoms with E-state index in [0.29, 0.717) is 27.8 Å². The highest BCUT2D eigenvalue weighted by atomic mass is 35.5. The van der Waals surface area contributed by atoms with Crippen LogP contribution in [0, 0.1) is 0 Å². The van der Waals surface area contributed by atoms with Gasteiger partial charge >= 0.3 is 0 Å². The van der Waals surface area contributed by atoms with E-state index in [1.54, 1.807) is 0 Å². The van der Waals surface area contributed by atoms with E-state index in [1.165, 1.54) is 12.1 Å². The van der Waals surface area contributed by atoms with Crippen molar-refractivity contribution in [2.75, 3.05) is 12.3 Å². The minimum absolute atomic E-state index is 0.212. The van der Waals surface area contributed by atoms with E-state index >= 15 is 0 Å². The van der Waals surface area contributed by atoms with Crippen LogP contribution < -0.4 is 11.1 Å². The first-order valence-corrected chi connectivity index (χ1v) is 4.84. The Morgan fingerprint density at radius 3 is 2.36 bits per heavy atom. The summed E-state index contributed by atoms with van der Waals surface area (Å²) in [5.41, 5.74) is 6.24. The lowest BCUT2D eigenvalue weighted by atomic mass is 10.2. The van der Waals surface area contributed by atoms with Gasteiger partial charge in [-0.2, -0.15) is 0 Å². The second-order valence-electron chi connectivity index (χ2n) is 2.71. The Morgan fingerprint density at radius 2 is 1.93 bits per heavy atom. The Labute approximate surface area is 92.2 Å². The molecule has 14 heavy (non-hydrogen) atoms. The van der Waals surface area contributed by atoms with Gasteiger partial charge in [0.25, 0.3) is 5.91 Å². The van der Waals surface area contributed by atoms with Gasteiger partial charge in [-0.25, -0.2) is 0 Å². The van der Waals surface area contributed by atoms with Crippen LogP contribution in [-0.2, 0) is 0 Å². The van der Waals surface area contributed by atoms with Gasteiger partial charge in [0, 0.05) is 12.1 Å². The molecule has 0 heterocycles. The lowest BCUT2D eigenvalue weighted by Gasteiger charge is -2.06. The first kappa shape index (κ1) is 11.1. The predicted molar refractivity (Wildman–Crippen MR) is 58.9 cm³/mol. The number of amides is 1. The molecule has 5 heteroatoms. The van der Waals surface area contributed by atoms with Crippen LogP contribution in [0.2, 0.25) is 10.0 Å². The number of nitrogens with one attached hydrogen (secondary N) is 1. The molecule has 0 aliphatic heterocycles. The third kappa shape index (κ3) is 2.30. The van der Waals surface area contributed by atoms with Gasteiger partial charge in [0.1, 0.15) is 0 Å². The number of hydrogen-bond donors (Lipinski definition) is 2. The maximum Gasteiger partial charge on any atom is 0.251 e. The number of nitrogen functional groups attached to an aromatic ring is 1. The van der Waals surface area contributed by atoms with Gasteiger partial charge in [0.05, 0.1) is 15.7 Å². The smallest absolute Gasteiger partial charge is 0.251 e. The van der Waals surface area contributed by atoms with Crippen LogP contribution in [0.1, 0.15) is 17.3 Å². The molecular formula is C9H10Cl2N2O. The predicted octanol–water partition coefficient (Wildman–Crippen LogP) is 2.33. The summed E-state index contributed by atoms with van der Waals surface area (Å²) in [5, 5.41) is 3.22. The first-order chi connectivity index (χ1) is 6.56. The molecule has 0 radical (unpaired) electrons. The lowest BCUT2D eigenvalue weighted by molar-refractivity contribution is 0.0956. The Kier molecular flexibility index (Phi) is 3.61. The average Bonchev–Trinajstić information content (AvgIpc) is 2.13. The first-order valence-electron chi connectivity index (χ1n) is 4.09. The molecule has 1 amide bonds. The summed E-state index contributed by atoms with van der Waals surface area (Å²) >= 11 is 11.5. The van der Waals surface area contributed by atoms with Crippen LogP contribution in [0.4, 0.5) is 5.69 Å². The molecule has 0 unspecified atom stereocenters. The average molecular weight is 233 g/mol. The zero-order chi connectivity index (χ0) is 10.7. The van der Waals surface area contributed by atoms with Crippen LogP contribution in [0.25, 0.3) is 0 Å². The van der Waals surface area contributed by atoms with Crippen LogP contribution in [0.15, 0.2) is 12.1 Å². The van der Waals surface area contributed by atoms with Gasteiger partial charge in [0.2, 0.25) is 0 Å². The van der Waals surface area contributed by atoms with Crippen LogP contribution >= 0.6 is 23.2 Å². The van der Waals surface area contributed by atoms with Crippen molar-refractivity contribution in [1.29, 1.82) is 0 Å². The summed E-state index contributed by atoms with van der Waals surface area (Å²) in [5.74, 6) is -0.212. The van der Waals surface area contributed by atoms with E-state index in [-0.39, 0.29) is 5.91 Å². The normalized spacial score (nSPS) is 9.93. The van der Waals surface area contributed by atoms with Crippen molar-refractivity contribution in [3.8, 4) is 0 Å². The second-order valence-corrected chi connectivity index (χ2v) is 3.53. The van der Waals surface area contributed by atoms with Crippen molar-refractivity contribution < 1.29 is 4.79 Å². The molecule has 3 N–H and O–H groups in total. The highest BCUT2D eigenvalue weighted by Gasteiger charge is 2.09. The maximum atomic E-state index is 11.4. The van der Waals surface area contributed by atoms with Crippen LogP contribution in [-0.4, -0.2) is 12.5 Å². The number of hydrogen-bond acceptors (Lipinski definition) is 2. The molecule has 1 aromatic rings. The molecule has 0 aliphatic carbocycles. The molecule has 1 aromatic carbocycles. The van der Waals surface area contributed by atoms with E-state index in [2.05, 4.69) is 5.32 Å². The molecule has 0 saturated carbocycles. The van der Waals surface area contributed by atoms with Crippen molar-refractivity contribution in [3.05, 3.63) is 27.7 Å². The molecule has 0 spiro atoms. The standard InChI is InChI=1S/C9H10Cl2N2O/c1-2-13-9(14)5-3-6(10)8(12)7(11)4-5/h3-4H,2,12H2,1H3,(H,13,14). The summed E-state index contributed by atoms with van der Waals surface area (Å²) in [6, 6.07) is 2.99. The van der Waals surface area contributed by atoms with Crippen molar-refractivity contribution in [2.45, 2.75) is 6.92 Å². The molecule has 0 fully saturated rings. The minimum atomic E-state index is -0.212. The fraction of sp³-hybridized carbons (Fsp3) is 0.222. The maximum absolute atomic E-state index is 11.4. The zero-order valence-corrected chi connectivity index (χ0v) is 9.12. The Hall–Kier alpha value is -0.930. The second kappa shape index (κ2) is 4.53. The molecule has 0 aromatic heterocycles.